The predicted octanol–water partition coefficient (Wildman–Crippen LogP) is 6.31. The van der Waals surface area contributed by atoms with E-state index in [9.17, 15) is 9.18 Å². The first-order valence-electron chi connectivity index (χ1n) is 13.1. The molecule has 5 heteroatoms. The lowest BCUT2D eigenvalue weighted by Gasteiger charge is -2.37. The lowest BCUT2D eigenvalue weighted by atomic mass is 9.74. The van der Waals surface area contributed by atoms with Crippen LogP contribution in [0.4, 0.5) is 10.1 Å². The normalized spacial score (nSPS) is 15.9. The molecule has 1 aliphatic rings. The monoisotopic (exact) mass is 488 g/mol. The van der Waals surface area contributed by atoms with E-state index in [1.807, 2.05) is 31.2 Å². The summed E-state index contributed by atoms with van der Waals surface area (Å²) in [5, 5.41) is 0. The summed E-state index contributed by atoms with van der Waals surface area (Å²) in [6.45, 7) is 9.26. The predicted molar refractivity (Wildman–Crippen MR) is 145 cm³/mol. The Hall–Kier alpha value is -3.18. The molecule has 0 radical (unpaired) electrons. The Labute approximate surface area is 214 Å². The van der Waals surface area contributed by atoms with E-state index in [1.54, 1.807) is 12.1 Å². The molecule has 0 spiro atoms. The molecule has 1 saturated heterocycles. The summed E-state index contributed by atoms with van der Waals surface area (Å²) in [5.74, 6) is -0.319. The molecule has 1 heterocycles. The fourth-order valence-electron chi connectivity index (χ4n) is 5.28. The molecule has 0 amide bonds. The zero-order valence-electron chi connectivity index (χ0n) is 21.5. The molecule has 3 aromatic carbocycles. The third-order valence-corrected chi connectivity index (χ3v) is 7.44. The van der Waals surface area contributed by atoms with Crippen molar-refractivity contribution in [3.05, 3.63) is 90.2 Å². The number of carbonyl (C=O) groups excluding carboxylic acids is 1. The molecule has 1 unspecified atom stereocenters. The van der Waals surface area contributed by atoms with E-state index in [4.69, 9.17) is 4.74 Å². The fourth-order valence-corrected chi connectivity index (χ4v) is 5.28. The van der Waals surface area contributed by atoms with Crippen molar-refractivity contribution in [3.63, 3.8) is 0 Å². The number of anilines is 1. The van der Waals surface area contributed by atoms with Crippen LogP contribution in [-0.2, 0) is 14.9 Å². The van der Waals surface area contributed by atoms with Crippen LogP contribution in [0.25, 0.3) is 11.1 Å². The summed E-state index contributed by atoms with van der Waals surface area (Å²) in [7, 11) is 0. The van der Waals surface area contributed by atoms with Gasteiger partial charge in [0, 0.05) is 31.9 Å². The van der Waals surface area contributed by atoms with Crippen molar-refractivity contribution < 1.29 is 13.9 Å². The van der Waals surface area contributed by atoms with Crippen LogP contribution in [0.3, 0.4) is 0 Å². The van der Waals surface area contributed by atoms with Crippen molar-refractivity contribution in [2.45, 2.75) is 38.5 Å². The molecule has 1 atom stereocenters. The van der Waals surface area contributed by atoms with Gasteiger partial charge in [0.25, 0.3) is 0 Å². The van der Waals surface area contributed by atoms with Gasteiger partial charge < -0.3 is 9.64 Å². The van der Waals surface area contributed by atoms with E-state index in [0.29, 0.717) is 6.61 Å². The molecule has 1 aliphatic heterocycles. The van der Waals surface area contributed by atoms with Crippen molar-refractivity contribution in [1.82, 2.24) is 4.90 Å². The zero-order chi connectivity index (χ0) is 25.4. The Balaban J connectivity index is 1.31. The summed E-state index contributed by atoms with van der Waals surface area (Å²) in [5.41, 5.74) is 3.59. The van der Waals surface area contributed by atoms with E-state index in [-0.39, 0.29) is 11.8 Å². The third-order valence-electron chi connectivity index (χ3n) is 7.44. The van der Waals surface area contributed by atoms with Crippen LogP contribution in [0, 0.1) is 5.82 Å². The van der Waals surface area contributed by atoms with Crippen LogP contribution in [-0.4, -0.2) is 50.2 Å². The molecule has 190 valence electrons. The standard InChI is InChI=1S/C31H37FN2O2/c1-3-31(30(35)36-4-2,27-11-6-5-7-12-27)18-9-19-33-20-22-34(23-21-33)29-16-14-25(15-17-29)26-10-8-13-28(32)24-26/h5-8,10-17,24H,3-4,9,18-23H2,1-2H3. The lowest BCUT2D eigenvalue weighted by Crippen LogP contribution is -2.47. The number of ether oxygens (including phenoxy) is 1. The molecular weight excluding hydrogens is 451 g/mol. The van der Waals surface area contributed by atoms with Crippen molar-refractivity contribution in [1.29, 1.82) is 0 Å². The molecular formula is C31H37FN2O2. The number of benzene rings is 3. The van der Waals surface area contributed by atoms with Gasteiger partial charge in [-0.25, -0.2) is 4.39 Å². The van der Waals surface area contributed by atoms with Crippen molar-refractivity contribution in [2.24, 2.45) is 0 Å². The molecule has 0 aliphatic carbocycles. The number of esters is 1. The van der Waals surface area contributed by atoms with Gasteiger partial charge in [0.1, 0.15) is 5.82 Å². The Kier molecular flexibility index (Phi) is 8.76. The van der Waals surface area contributed by atoms with Crippen LogP contribution >= 0.6 is 0 Å². The lowest BCUT2D eigenvalue weighted by molar-refractivity contribution is -0.150. The molecule has 1 fully saturated rings. The summed E-state index contributed by atoms with van der Waals surface area (Å²) in [4.78, 5) is 18.0. The average molecular weight is 489 g/mol. The number of rotatable bonds is 10. The second-order valence-electron chi connectivity index (χ2n) is 9.51. The van der Waals surface area contributed by atoms with Gasteiger partial charge in [-0.05, 0) is 73.7 Å². The number of nitrogens with zero attached hydrogens (tertiary/aromatic N) is 2. The highest BCUT2D eigenvalue weighted by Gasteiger charge is 2.39. The second kappa shape index (κ2) is 12.2. The molecule has 0 bridgehead atoms. The second-order valence-corrected chi connectivity index (χ2v) is 9.51. The zero-order valence-corrected chi connectivity index (χ0v) is 21.5. The van der Waals surface area contributed by atoms with Gasteiger partial charge in [-0.2, -0.15) is 0 Å². The largest absolute Gasteiger partial charge is 0.465 e. The Morgan fingerprint density at radius 2 is 1.61 bits per heavy atom. The van der Waals surface area contributed by atoms with Crippen LogP contribution in [0.2, 0.25) is 0 Å². The van der Waals surface area contributed by atoms with Gasteiger partial charge in [-0.15, -0.1) is 0 Å². The minimum absolute atomic E-state index is 0.106. The Bertz CT molecular complexity index is 1110. The minimum atomic E-state index is -0.581. The van der Waals surface area contributed by atoms with Crippen LogP contribution in [0.5, 0.6) is 0 Å². The number of carbonyl (C=O) groups is 1. The summed E-state index contributed by atoms with van der Waals surface area (Å²) >= 11 is 0. The van der Waals surface area contributed by atoms with Crippen molar-refractivity contribution >= 4 is 11.7 Å². The fraction of sp³-hybridized carbons (Fsp3) is 0.387. The van der Waals surface area contributed by atoms with Gasteiger partial charge >= 0.3 is 5.97 Å². The number of halogens is 1. The van der Waals surface area contributed by atoms with E-state index in [0.717, 1.165) is 68.7 Å². The summed E-state index contributed by atoms with van der Waals surface area (Å²) in [6.07, 6.45) is 2.47. The first-order valence-corrected chi connectivity index (χ1v) is 13.1. The topological polar surface area (TPSA) is 32.8 Å². The highest BCUT2D eigenvalue weighted by Crippen LogP contribution is 2.35. The Morgan fingerprint density at radius 3 is 2.25 bits per heavy atom. The van der Waals surface area contributed by atoms with Crippen molar-refractivity contribution in [2.75, 3.05) is 44.2 Å². The van der Waals surface area contributed by atoms with Crippen LogP contribution in [0.15, 0.2) is 78.9 Å². The highest BCUT2D eigenvalue weighted by molar-refractivity contribution is 5.83. The van der Waals surface area contributed by atoms with Crippen molar-refractivity contribution in [3.8, 4) is 11.1 Å². The summed E-state index contributed by atoms with van der Waals surface area (Å²) < 4.78 is 19.1. The van der Waals surface area contributed by atoms with Gasteiger partial charge in [-0.1, -0.05) is 61.5 Å². The number of hydrogen-bond acceptors (Lipinski definition) is 4. The first-order chi connectivity index (χ1) is 17.6. The van der Waals surface area contributed by atoms with Gasteiger partial charge in [0.2, 0.25) is 0 Å². The SMILES string of the molecule is CCOC(=O)C(CC)(CCCN1CCN(c2ccc(-c3cccc(F)c3)cc2)CC1)c1ccccc1. The molecule has 4 nitrogen and oxygen atoms in total. The first kappa shape index (κ1) is 25.9. The smallest absolute Gasteiger partial charge is 0.316 e. The van der Waals surface area contributed by atoms with Gasteiger partial charge in [0.15, 0.2) is 0 Å². The average Bonchev–Trinajstić information content (AvgIpc) is 2.92. The molecule has 3 aromatic rings. The molecule has 0 aromatic heterocycles. The molecule has 0 saturated carbocycles. The van der Waals surface area contributed by atoms with E-state index in [2.05, 4.69) is 53.1 Å². The van der Waals surface area contributed by atoms with E-state index < -0.39 is 5.41 Å². The number of piperazine rings is 1. The maximum absolute atomic E-state index is 13.6. The molecule has 0 N–H and O–H groups in total. The molecule has 36 heavy (non-hydrogen) atoms. The van der Waals surface area contributed by atoms with Crippen LogP contribution < -0.4 is 4.90 Å². The third kappa shape index (κ3) is 5.96. The minimum Gasteiger partial charge on any atom is -0.465 e. The highest BCUT2D eigenvalue weighted by atomic mass is 19.1. The van der Waals surface area contributed by atoms with Gasteiger partial charge in [-0.3, -0.25) is 9.69 Å². The summed E-state index contributed by atoms with van der Waals surface area (Å²) in [6, 6.07) is 25.2. The Morgan fingerprint density at radius 1 is 0.889 bits per heavy atom. The van der Waals surface area contributed by atoms with E-state index >= 15 is 0 Å². The van der Waals surface area contributed by atoms with Crippen LogP contribution in [0.1, 0.15) is 38.7 Å². The molecule has 4 rings (SSSR count). The maximum Gasteiger partial charge on any atom is 0.316 e. The maximum atomic E-state index is 13.6. The van der Waals surface area contributed by atoms with E-state index in [1.165, 1.54) is 11.8 Å². The van der Waals surface area contributed by atoms with Gasteiger partial charge in [0.05, 0.1) is 12.0 Å². The number of hydrogen-bond donors (Lipinski definition) is 0. The quantitative estimate of drug-likeness (QED) is 0.313.